The molecule has 0 bridgehead atoms. The van der Waals surface area contributed by atoms with Gasteiger partial charge < -0.3 is 5.32 Å². The lowest BCUT2D eigenvalue weighted by atomic mass is 9.97. The maximum atomic E-state index is 12.1. The topological polar surface area (TPSA) is 56.1 Å². The predicted molar refractivity (Wildman–Crippen MR) is 71.9 cm³/mol. The summed E-state index contributed by atoms with van der Waals surface area (Å²) in [6.45, 7) is 7.87. The smallest absolute Gasteiger partial charge is 0.237 e. The highest BCUT2D eigenvalue weighted by atomic mass is 16.2. The molecule has 1 atom stereocenters. The number of amides is 1. The molecule has 1 unspecified atom stereocenters. The molecule has 0 aromatic rings. The predicted octanol–water partition coefficient (Wildman–Crippen LogP) is 1.92. The van der Waals surface area contributed by atoms with Crippen LogP contribution in [-0.4, -0.2) is 36.0 Å². The summed E-state index contributed by atoms with van der Waals surface area (Å²) < 4.78 is 0. The second kappa shape index (κ2) is 7.38. The van der Waals surface area contributed by atoms with Crippen LogP contribution in [0.4, 0.5) is 0 Å². The Hall–Kier alpha value is -1.08. The van der Waals surface area contributed by atoms with Crippen LogP contribution in [0.1, 0.15) is 46.5 Å². The van der Waals surface area contributed by atoms with Gasteiger partial charge in [-0.05, 0) is 32.6 Å². The summed E-state index contributed by atoms with van der Waals surface area (Å²) in [7, 11) is 0. The Morgan fingerprint density at radius 2 is 1.94 bits per heavy atom. The average Bonchev–Trinajstić information content (AvgIpc) is 2.43. The third kappa shape index (κ3) is 3.99. The summed E-state index contributed by atoms with van der Waals surface area (Å²) in [5.41, 5.74) is 0. The van der Waals surface area contributed by atoms with Crippen LogP contribution in [0.2, 0.25) is 0 Å². The first-order chi connectivity index (χ1) is 8.62. The fourth-order valence-corrected chi connectivity index (χ4v) is 2.40. The number of likely N-dealkylation sites (tertiary alicyclic amines) is 1. The van der Waals surface area contributed by atoms with Gasteiger partial charge in [0.25, 0.3) is 0 Å². The van der Waals surface area contributed by atoms with Crippen molar-refractivity contribution >= 4 is 5.91 Å². The monoisotopic (exact) mass is 251 g/mol. The van der Waals surface area contributed by atoms with Crippen molar-refractivity contribution in [3.8, 4) is 6.07 Å². The zero-order valence-corrected chi connectivity index (χ0v) is 11.8. The van der Waals surface area contributed by atoms with Gasteiger partial charge in [-0.2, -0.15) is 5.26 Å². The number of hydrogen-bond donors (Lipinski definition) is 1. The zero-order valence-electron chi connectivity index (χ0n) is 11.8. The van der Waals surface area contributed by atoms with Gasteiger partial charge >= 0.3 is 0 Å². The van der Waals surface area contributed by atoms with Crippen LogP contribution in [0, 0.1) is 17.2 Å². The first-order valence-corrected chi connectivity index (χ1v) is 7.06. The highest BCUT2D eigenvalue weighted by molar-refractivity contribution is 5.81. The van der Waals surface area contributed by atoms with Gasteiger partial charge in [-0.15, -0.1) is 0 Å². The highest BCUT2D eigenvalue weighted by Crippen LogP contribution is 2.18. The van der Waals surface area contributed by atoms with E-state index in [9.17, 15) is 4.79 Å². The van der Waals surface area contributed by atoms with Gasteiger partial charge in [-0.25, -0.2) is 0 Å². The maximum Gasteiger partial charge on any atom is 0.237 e. The molecule has 4 nitrogen and oxygen atoms in total. The minimum atomic E-state index is -0.0785. The van der Waals surface area contributed by atoms with Crippen molar-refractivity contribution in [3.63, 3.8) is 0 Å². The number of carbonyl (C=O) groups is 1. The highest BCUT2D eigenvalue weighted by Gasteiger charge is 2.27. The lowest BCUT2D eigenvalue weighted by molar-refractivity contribution is -0.127. The van der Waals surface area contributed by atoms with Crippen LogP contribution < -0.4 is 5.32 Å². The Morgan fingerprint density at radius 3 is 2.39 bits per heavy atom. The van der Waals surface area contributed by atoms with Gasteiger partial charge in [0.2, 0.25) is 5.91 Å². The molecule has 4 heteroatoms. The molecule has 0 spiro atoms. The van der Waals surface area contributed by atoms with Gasteiger partial charge in [-0.3, -0.25) is 9.69 Å². The quantitative estimate of drug-likeness (QED) is 0.812. The van der Waals surface area contributed by atoms with Gasteiger partial charge in [0, 0.05) is 25.0 Å². The molecule has 1 aliphatic rings. The molecule has 1 saturated heterocycles. The molecule has 0 aliphatic carbocycles. The normalized spacial score (nSPS) is 19.5. The van der Waals surface area contributed by atoms with Crippen LogP contribution in [0.3, 0.4) is 0 Å². The average molecular weight is 251 g/mol. The standard InChI is InChI=1S/C14H25N3O/c1-4-13(5-2)16-14(18)11(3)17-8-6-12(10-15)7-9-17/h11-13H,4-9H2,1-3H3,(H,16,18). The summed E-state index contributed by atoms with van der Waals surface area (Å²) in [5.74, 6) is 0.301. The van der Waals surface area contributed by atoms with Gasteiger partial charge in [0.15, 0.2) is 0 Å². The first-order valence-electron chi connectivity index (χ1n) is 7.06. The third-order valence-electron chi connectivity index (χ3n) is 3.97. The van der Waals surface area contributed by atoms with Crippen molar-refractivity contribution in [2.45, 2.75) is 58.5 Å². The molecule has 1 aliphatic heterocycles. The van der Waals surface area contributed by atoms with Crippen LogP contribution in [0.5, 0.6) is 0 Å². The fraction of sp³-hybridized carbons (Fsp3) is 0.857. The number of nitrogens with one attached hydrogen (secondary N) is 1. The van der Waals surface area contributed by atoms with Crippen LogP contribution in [0.25, 0.3) is 0 Å². The molecule has 1 heterocycles. The number of nitriles is 1. The minimum Gasteiger partial charge on any atom is -0.352 e. The summed E-state index contributed by atoms with van der Waals surface area (Å²) in [6.07, 6.45) is 3.73. The first kappa shape index (κ1) is 15.0. The lowest BCUT2D eigenvalue weighted by Crippen LogP contribution is -2.50. The Morgan fingerprint density at radius 1 is 1.39 bits per heavy atom. The summed E-state index contributed by atoms with van der Waals surface area (Å²) in [4.78, 5) is 14.3. The van der Waals surface area contributed by atoms with Crippen LogP contribution in [-0.2, 0) is 4.79 Å². The van der Waals surface area contributed by atoms with Crippen molar-refractivity contribution in [2.75, 3.05) is 13.1 Å². The van der Waals surface area contributed by atoms with E-state index in [0.29, 0.717) is 0 Å². The molecule has 1 N–H and O–H groups in total. The van der Waals surface area contributed by atoms with E-state index in [1.165, 1.54) is 0 Å². The van der Waals surface area contributed by atoms with E-state index >= 15 is 0 Å². The van der Waals surface area contributed by atoms with E-state index in [1.54, 1.807) is 0 Å². The molecule has 1 amide bonds. The zero-order chi connectivity index (χ0) is 13.5. The molecule has 18 heavy (non-hydrogen) atoms. The number of hydrogen-bond acceptors (Lipinski definition) is 3. The summed E-state index contributed by atoms with van der Waals surface area (Å²) >= 11 is 0. The fourth-order valence-electron chi connectivity index (χ4n) is 2.40. The molecule has 0 aromatic heterocycles. The van der Waals surface area contributed by atoms with Crippen molar-refractivity contribution < 1.29 is 4.79 Å². The van der Waals surface area contributed by atoms with Crippen LogP contribution >= 0.6 is 0 Å². The van der Waals surface area contributed by atoms with Gasteiger partial charge in [0.05, 0.1) is 12.1 Å². The van der Waals surface area contributed by atoms with Crippen molar-refractivity contribution in [3.05, 3.63) is 0 Å². The number of rotatable bonds is 5. The molecule has 1 fully saturated rings. The lowest BCUT2D eigenvalue weighted by Gasteiger charge is -2.33. The second-order valence-corrected chi connectivity index (χ2v) is 5.14. The van der Waals surface area contributed by atoms with Crippen molar-refractivity contribution in [2.24, 2.45) is 5.92 Å². The Balaban J connectivity index is 2.42. The molecule has 1 rings (SSSR count). The Bertz CT molecular complexity index is 299. The van der Waals surface area contributed by atoms with Gasteiger partial charge in [-0.1, -0.05) is 13.8 Å². The SMILES string of the molecule is CCC(CC)NC(=O)C(C)N1CCC(C#N)CC1. The van der Waals surface area contributed by atoms with E-state index in [2.05, 4.69) is 30.1 Å². The maximum absolute atomic E-state index is 12.1. The van der Waals surface area contributed by atoms with Crippen molar-refractivity contribution in [1.82, 2.24) is 10.2 Å². The molecule has 102 valence electrons. The third-order valence-corrected chi connectivity index (χ3v) is 3.97. The van der Waals surface area contributed by atoms with Gasteiger partial charge in [0.1, 0.15) is 0 Å². The molecule has 0 saturated carbocycles. The van der Waals surface area contributed by atoms with Crippen molar-refractivity contribution in [1.29, 1.82) is 5.26 Å². The molecule has 0 aromatic carbocycles. The summed E-state index contributed by atoms with van der Waals surface area (Å²) in [6, 6.07) is 2.53. The Labute approximate surface area is 110 Å². The second-order valence-electron chi connectivity index (χ2n) is 5.14. The van der Waals surface area contributed by atoms with Crippen LogP contribution in [0.15, 0.2) is 0 Å². The molecular formula is C14H25N3O. The number of nitrogens with zero attached hydrogens (tertiary/aromatic N) is 2. The van der Waals surface area contributed by atoms with E-state index in [0.717, 1.165) is 38.8 Å². The number of piperidine rings is 1. The molecule has 0 radical (unpaired) electrons. The summed E-state index contributed by atoms with van der Waals surface area (Å²) in [5, 5.41) is 12.0. The largest absolute Gasteiger partial charge is 0.352 e. The van der Waals surface area contributed by atoms with E-state index in [-0.39, 0.29) is 23.9 Å². The van der Waals surface area contributed by atoms with E-state index < -0.39 is 0 Å². The molecular weight excluding hydrogens is 226 g/mol. The minimum absolute atomic E-state index is 0.0785. The Kier molecular flexibility index (Phi) is 6.14. The van der Waals surface area contributed by atoms with E-state index in [4.69, 9.17) is 5.26 Å². The van der Waals surface area contributed by atoms with E-state index in [1.807, 2.05) is 6.92 Å². The number of carbonyl (C=O) groups excluding carboxylic acids is 1.